The van der Waals surface area contributed by atoms with Crippen LogP contribution in [-0.4, -0.2) is 62.1 Å². The predicted octanol–water partition coefficient (Wildman–Crippen LogP) is 0.0488. The van der Waals surface area contributed by atoms with Gasteiger partial charge in [0.2, 0.25) is 10.0 Å². The topological polar surface area (TPSA) is 109 Å². The van der Waals surface area contributed by atoms with Gasteiger partial charge in [0.25, 0.3) is 11.8 Å². The number of hydrogen-bond donors (Lipinski definition) is 0. The van der Waals surface area contributed by atoms with Crippen molar-refractivity contribution in [1.82, 2.24) is 8.61 Å². The van der Waals surface area contributed by atoms with E-state index < -0.39 is 53.3 Å². The molecule has 0 radical (unpaired) electrons. The number of rotatable bonds is 6. The number of halogens is 3. The molecule has 0 N–H and O–H groups in total. The summed E-state index contributed by atoms with van der Waals surface area (Å²) in [6.07, 6.45) is 1.51. The molecule has 2 amide bonds. The van der Waals surface area contributed by atoms with E-state index in [1.807, 2.05) is 0 Å². The maximum absolute atomic E-state index is 12.3. The van der Waals surface area contributed by atoms with Crippen LogP contribution in [0.2, 0.25) is 0 Å². The molecule has 0 aliphatic carbocycles. The molecule has 0 bridgehead atoms. The highest BCUT2D eigenvalue weighted by molar-refractivity contribution is 8.04. The normalized spacial score (nSPS) is 16.1. The zero-order valence-corrected chi connectivity index (χ0v) is 12.7. The van der Waals surface area contributed by atoms with Crippen molar-refractivity contribution in [2.75, 3.05) is 19.3 Å². The Bertz CT molecular complexity index is 693. The summed E-state index contributed by atoms with van der Waals surface area (Å²) in [7, 11) is -10.5. The van der Waals surface area contributed by atoms with Crippen molar-refractivity contribution in [2.45, 2.75) is 19.4 Å². The summed E-state index contributed by atoms with van der Waals surface area (Å²) in [5, 5.41) is 0. The average Bonchev–Trinajstić information content (AvgIpc) is 2.67. The van der Waals surface area contributed by atoms with Gasteiger partial charge in [-0.15, -0.1) is 0 Å². The van der Waals surface area contributed by atoms with Crippen LogP contribution in [0.4, 0.5) is 13.2 Å². The van der Waals surface area contributed by atoms with Crippen molar-refractivity contribution < 1.29 is 39.6 Å². The van der Waals surface area contributed by atoms with Gasteiger partial charge in [0, 0.05) is 25.7 Å². The quantitative estimate of drug-likeness (QED) is 0.603. The zero-order chi connectivity index (χ0) is 17.3. The first-order chi connectivity index (χ1) is 9.80. The molecule has 134 valence electrons. The van der Waals surface area contributed by atoms with Crippen molar-refractivity contribution in [1.29, 1.82) is 0 Å². The van der Waals surface area contributed by atoms with Crippen LogP contribution in [0.15, 0.2) is 12.2 Å². The molecular weight excluding hydrogens is 365 g/mol. The molecule has 1 heterocycles. The standard InChI is InChI=1S/C9H11F3N2O6S2.CH4/c1-13(22(19,20)9(10,11)12)21(17,18)6-2-5-14-7(15)3-4-8(14)16;/h3-4H,2,5-6H2,1H3;1H4. The van der Waals surface area contributed by atoms with E-state index in [-0.39, 0.29) is 21.0 Å². The highest BCUT2D eigenvalue weighted by atomic mass is 32.3. The summed E-state index contributed by atoms with van der Waals surface area (Å²) in [5.41, 5.74) is -5.75. The Balaban J connectivity index is 0.00000484. The van der Waals surface area contributed by atoms with E-state index in [4.69, 9.17) is 0 Å². The average molecular weight is 380 g/mol. The number of imide groups is 1. The van der Waals surface area contributed by atoms with E-state index in [1.165, 1.54) is 0 Å². The molecule has 0 aromatic carbocycles. The number of nitrogens with zero attached hydrogens (tertiary/aromatic N) is 2. The van der Waals surface area contributed by atoms with E-state index in [0.29, 0.717) is 4.90 Å². The summed E-state index contributed by atoms with van der Waals surface area (Å²) in [6.45, 7) is -0.357. The van der Waals surface area contributed by atoms with E-state index in [9.17, 15) is 39.6 Å². The van der Waals surface area contributed by atoms with Crippen molar-refractivity contribution in [2.24, 2.45) is 0 Å². The molecule has 0 atom stereocenters. The second-order valence-electron chi connectivity index (χ2n) is 4.16. The molecule has 1 rings (SSSR count). The fourth-order valence-electron chi connectivity index (χ4n) is 1.48. The predicted molar refractivity (Wildman–Crippen MR) is 73.7 cm³/mol. The molecule has 0 saturated carbocycles. The SMILES string of the molecule is C.CN(S(=O)(=O)CCCN1C(=O)C=CC1=O)S(=O)(=O)C(F)(F)F. The second-order valence-corrected chi connectivity index (χ2v) is 8.47. The van der Waals surface area contributed by atoms with E-state index in [2.05, 4.69) is 0 Å². The molecule has 0 unspecified atom stereocenters. The lowest BCUT2D eigenvalue weighted by Crippen LogP contribution is -2.43. The maximum atomic E-state index is 12.3. The smallest absolute Gasteiger partial charge is 0.275 e. The van der Waals surface area contributed by atoms with Crippen LogP contribution in [0.1, 0.15) is 13.8 Å². The molecule has 0 aromatic heterocycles. The maximum Gasteiger partial charge on any atom is 0.512 e. The lowest BCUT2D eigenvalue weighted by molar-refractivity contribution is -0.136. The van der Waals surface area contributed by atoms with Crippen LogP contribution < -0.4 is 0 Å². The Morgan fingerprint density at radius 1 is 1.09 bits per heavy atom. The number of carbonyl (C=O) groups excluding carboxylic acids is 2. The van der Waals surface area contributed by atoms with E-state index in [0.717, 1.165) is 12.2 Å². The summed E-state index contributed by atoms with van der Waals surface area (Å²) in [4.78, 5) is 23.0. The highest BCUT2D eigenvalue weighted by Crippen LogP contribution is 2.27. The molecule has 0 fully saturated rings. The van der Waals surface area contributed by atoms with Gasteiger partial charge < -0.3 is 0 Å². The van der Waals surface area contributed by atoms with Gasteiger partial charge in [-0.05, 0) is 6.42 Å². The molecule has 0 spiro atoms. The number of hydrogen-bond acceptors (Lipinski definition) is 6. The van der Waals surface area contributed by atoms with E-state index >= 15 is 0 Å². The molecule has 1 aliphatic rings. The van der Waals surface area contributed by atoms with Gasteiger partial charge in [-0.25, -0.2) is 16.8 Å². The molecule has 13 heteroatoms. The number of carbonyl (C=O) groups is 2. The number of alkyl halides is 3. The zero-order valence-electron chi connectivity index (χ0n) is 11.1. The largest absolute Gasteiger partial charge is 0.512 e. The van der Waals surface area contributed by atoms with Crippen molar-refractivity contribution in [3.8, 4) is 0 Å². The first-order valence-corrected chi connectivity index (χ1v) is 8.67. The van der Waals surface area contributed by atoms with Gasteiger partial charge in [0.05, 0.1) is 5.75 Å². The summed E-state index contributed by atoms with van der Waals surface area (Å²) >= 11 is 0. The third-order valence-electron chi connectivity index (χ3n) is 2.71. The molecule has 8 nitrogen and oxygen atoms in total. The lowest BCUT2D eigenvalue weighted by atomic mass is 10.4. The Hall–Kier alpha value is -1.47. The monoisotopic (exact) mass is 380 g/mol. The van der Waals surface area contributed by atoms with E-state index in [1.54, 1.807) is 0 Å². The Kier molecular flexibility index (Phi) is 6.52. The third kappa shape index (κ3) is 4.51. The van der Waals surface area contributed by atoms with Gasteiger partial charge in [-0.3, -0.25) is 14.5 Å². The van der Waals surface area contributed by atoms with Crippen LogP contribution in [-0.2, 0) is 29.6 Å². The summed E-state index contributed by atoms with van der Waals surface area (Å²) < 4.78 is 81.3. The van der Waals surface area contributed by atoms with Gasteiger partial charge in [0.1, 0.15) is 0 Å². The van der Waals surface area contributed by atoms with Crippen LogP contribution >= 0.6 is 0 Å². The van der Waals surface area contributed by atoms with Crippen molar-refractivity contribution >= 4 is 31.9 Å². The number of sulfonamides is 2. The minimum Gasteiger partial charge on any atom is -0.275 e. The van der Waals surface area contributed by atoms with Crippen LogP contribution in [0.25, 0.3) is 0 Å². The van der Waals surface area contributed by atoms with Crippen LogP contribution in [0, 0.1) is 0 Å². The first-order valence-electron chi connectivity index (χ1n) is 5.62. The van der Waals surface area contributed by atoms with Crippen LogP contribution in [0.3, 0.4) is 0 Å². The Labute approximate surface area is 131 Å². The van der Waals surface area contributed by atoms with Crippen molar-refractivity contribution in [3.05, 3.63) is 12.2 Å². The Morgan fingerprint density at radius 3 is 1.91 bits per heavy atom. The molecule has 1 aliphatic heterocycles. The van der Waals surface area contributed by atoms with Gasteiger partial charge >= 0.3 is 15.5 Å². The second kappa shape index (κ2) is 6.97. The van der Waals surface area contributed by atoms with Crippen molar-refractivity contribution in [3.63, 3.8) is 0 Å². The minimum atomic E-state index is -6.02. The van der Waals surface area contributed by atoms with Gasteiger partial charge in [-0.1, -0.05) is 11.1 Å². The molecular formula is C10H15F3N2O6S2. The van der Waals surface area contributed by atoms with Gasteiger partial charge in [0.15, 0.2) is 0 Å². The minimum absolute atomic E-state index is 0. The summed E-state index contributed by atoms with van der Waals surface area (Å²) in [6, 6.07) is 0. The summed E-state index contributed by atoms with van der Waals surface area (Å²) in [5.74, 6) is -2.34. The molecule has 23 heavy (non-hydrogen) atoms. The molecule has 0 aromatic rings. The lowest BCUT2D eigenvalue weighted by Gasteiger charge is -2.19. The third-order valence-corrected chi connectivity index (χ3v) is 6.83. The first kappa shape index (κ1) is 21.5. The molecule has 0 saturated heterocycles. The fourth-order valence-corrected chi connectivity index (χ4v) is 4.20. The highest BCUT2D eigenvalue weighted by Gasteiger charge is 2.52. The van der Waals surface area contributed by atoms with Gasteiger partial charge in [-0.2, -0.15) is 13.2 Å². The number of amides is 2. The van der Waals surface area contributed by atoms with Crippen LogP contribution in [0.5, 0.6) is 0 Å². The fraction of sp³-hybridized carbons (Fsp3) is 0.600. The Morgan fingerprint density at radius 2 is 1.52 bits per heavy atom.